The number of halogens is 3. The number of benzene rings is 1. The SMILES string of the molecule is CC1CCNCC1NC(=O)C1CCCN(C(=O)c2ccc(Cl)c(Cl)c2)C1.Cl. The first-order valence-corrected chi connectivity index (χ1v) is 9.96. The Bertz CT molecular complexity index is 686. The van der Waals surface area contributed by atoms with Gasteiger partial charge in [-0.25, -0.2) is 0 Å². The standard InChI is InChI=1S/C19H25Cl2N3O2.ClH/c1-12-6-7-22-10-17(12)23-18(25)14-3-2-8-24(11-14)19(26)13-4-5-15(20)16(21)9-13;/h4-5,9,12,14,17,22H,2-3,6-8,10-11H2,1H3,(H,23,25);1H. The van der Waals surface area contributed by atoms with Crippen LogP contribution in [0.5, 0.6) is 0 Å². The topological polar surface area (TPSA) is 61.4 Å². The molecule has 2 saturated heterocycles. The lowest BCUT2D eigenvalue weighted by Gasteiger charge is -2.35. The minimum Gasteiger partial charge on any atom is -0.352 e. The second kappa shape index (κ2) is 9.97. The van der Waals surface area contributed by atoms with E-state index in [9.17, 15) is 9.59 Å². The van der Waals surface area contributed by atoms with E-state index >= 15 is 0 Å². The highest BCUT2D eigenvalue weighted by atomic mass is 35.5. The second-order valence-corrected chi connectivity index (χ2v) is 8.12. The Kier molecular flexibility index (Phi) is 8.22. The molecule has 3 atom stereocenters. The summed E-state index contributed by atoms with van der Waals surface area (Å²) in [4.78, 5) is 27.2. The van der Waals surface area contributed by atoms with Crippen molar-refractivity contribution in [2.24, 2.45) is 11.8 Å². The molecule has 2 heterocycles. The zero-order valence-electron chi connectivity index (χ0n) is 15.3. The molecule has 0 aromatic heterocycles. The number of hydrogen-bond acceptors (Lipinski definition) is 3. The van der Waals surface area contributed by atoms with Gasteiger partial charge in [0.05, 0.1) is 16.0 Å². The lowest BCUT2D eigenvalue weighted by molar-refractivity contribution is -0.127. The number of amides is 2. The van der Waals surface area contributed by atoms with Gasteiger partial charge >= 0.3 is 0 Å². The average molecular weight is 435 g/mol. The van der Waals surface area contributed by atoms with Crippen LogP contribution in [0.15, 0.2) is 18.2 Å². The molecule has 0 bridgehead atoms. The molecule has 0 aliphatic carbocycles. The van der Waals surface area contributed by atoms with Crippen molar-refractivity contribution >= 4 is 47.4 Å². The highest BCUT2D eigenvalue weighted by Crippen LogP contribution is 2.25. The molecule has 1 aromatic carbocycles. The van der Waals surface area contributed by atoms with Gasteiger partial charge in [-0.05, 0) is 49.9 Å². The first kappa shape index (κ1) is 22.3. The van der Waals surface area contributed by atoms with Crippen molar-refractivity contribution in [1.82, 2.24) is 15.5 Å². The van der Waals surface area contributed by atoms with E-state index in [-0.39, 0.29) is 36.2 Å². The summed E-state index contributed by atoms with van der Waals surface area (Å²) in [6.07, 6.45) is 2.70. The van der Waals surface area contributed by atoms with E-state index in [2.05, 4.69) is 17.6 Å². The zero-order valence-corrected chi connectivity index (χ0v) is 17.7. The van der Waals surface area contributed by atoms with Crippen LogP contribution in [0, 0.1) is 11.8 Å². The van der Waals surface area contributed by atoms with Crippen molar-refractivity contribution in [1.29, 1.82) is 0 Å². The van der Waals surface area contributed by atoms with E-state index < -0.39 is 0 Å². The maximum atomic E-state index is 12.8. The summed E-state index contributed by atoms with van der Waals surface area (Å²) < 4.78 is 0. The number of likely N-dealkylation sites (tertiary alicyclic amines) is 1. The van der Waals surface area contributed by atoms with Crippen LogP contribution in [-0.4, -0.2) is 48.9 Å². The fraction of sp³-hybridized carbons (Fsp3) is 0.579. The number of piperidine rings is 2. The summed E-state index contributed by atoms with van der Waals surface area (Å²) in [6, 6.07) is 5.06. The third-order valence-electron chi connectivity index (χ3n) is 5.40. The van der Waals surface area contributed by atoms with Crippen LogP contribution in [0.25, 0.3) is 0 Å². The zero-order chi connectivity index (χ0) is 18.7. The number of carbonyl (C=O) groups excluding carboxylic acids is 2. The van der Waals surface area contributed by atoms with Gasteiger partial charge in [0.25, 0.3) is 5.91 Å². The Morgan fingerprint density at radius 1 is 1.22 bits per heavy atom. The van der Waals surface area contributed by atoms with Crippen molar-refractivity contribution in [2.75, 3.05) is 26.2 Å². The van der Waals surface area contributed by atoms with Crippen molar-refractivity contribution in [3.05, 3.63) is 33.8 Å². The Balaban J connectivity index is 0.00000261. The summed E-state index contributed by atoms with van der Waals surface area (Å²) in [6.45, 7) is 5.09. The largest absolute Gasteiger partial charge is 0.352 e. The maximum Gasteiger partial charge on any atom is 0.253 e. The van der Waals surface area contributed by atoms with E-state index in [1.54, 1.807) is 23.1 Å². The number of hydrogen-bond donors (Lipinski definition) is 2. The minimum atomic E-state index is -0.162. The van der Waals surface area contributed by atoms with Crippen molar-refractivity contribution in [3.63, 3.8) is 0 Å². The van der Waals surface area contributed by atoms with Gasteiger partial charge in [0.2, 0.25) is 5.91 Å². The summed E-state index contributed by atoms with van der Waals surface area (Å²) in [7, 11) is 0. The lowest BCUT2D eigenvalue weighted by atomic mass is 9.92. The molecule has 8 heteroatoms. The third kappa shape index (κ3) is 5.50. The van der Waals surface area contributed by atoms with Crippen LogP contribution in [0.4, 0.5) is 0 Å². The molecule has 2 fully saturated rings. The molecule has 2 N–H and O–H groups in total. The van der Waals surface area contributed by atoms with Gasteiger partial charge in [-0.2, -0.15) is 0 Å². The first-order valence-electron chi connectivity index (χ1n) is 9.21. The molecule has 3 unspecified atom stereocenters. The Morgan fingerprint density at radius 2 is 2.00 bits per heavy atom. The molecule has 3 rings (SSSR count). The molecule has 2 aliphatic rings. The highest BCUT2D eigenvalue weighted by molar-refractivity contribution is 6.42. The van der Waals surface area contributed by atoms with Crippen LogP contribution in [0.2, 0.25) is 10.0 Å². The van der Waals surface area contributed by atoms with Gasteiger partial charge < -0.3 is 15.5 Å². The van der Waals surface area contributed by atoms with E-state index in [0.717, 1.165) is 32.4 Å². The maximum absolute atomic E-state index is 12.8. The highest BCUT2D eigenvalue weighted by Gasteiger charge is 2.31. The van der Waals surface area contributed by atoms with Gasteiger partial charge in [0.1, 0.15) is 0 Å². The molecule has 0 saturated carbocycles. The van der Waals surface area contributed by atoms with E-state index in [4.69, 9.17) is 23.2 Å². The van der Waals surface area contributed by atoms with Gasteiger partial charge in [0.15, 0.2) is 0 Å². The van der Waals surface area contributed by atoms with Crippen molar-refractivity contribution in [3.8, 4) is 0 Å². The fourth-order valence-electron chi connectivity index (χ4n) is 3.67. The monoisotopic (exact) mass is 433 g/mol. The van der Waals surface area contributed by atoms with Crippen LogP contribution in [0.1, 0.15) is 36.5 Å². The first-order chi connectivity index (χ1) is 12.5. The molecule has 27 heavy (non-hydrogen) atoms. The molecular formula is C19H26Cl3N3O2. The summed E-state index contributed by atoms with van der Waals surface area (Å²) in [5.41, 5.74) is 0.505. The molecule has 0 radical (unpaired) electrons. The molecule has 2 amide bonds. The smallest absolute Gasteiger partial charge is 0.253 e. The molecule has 0 spiro atoms. The quantitative estimate of drug-likeness (QED) is 0.766. The van der Waals surface area contributed by atoms with E-state index in [1.807, 2.05) is 0 Å². The summed E-state index contributed by atoms with van der Waals surface area (Å²) in [5.74, 6) is 0.258. The Morgan fingerprint density at radius 3 is 2.70 bits per heavy atom. The van der Waals surface area contributed by atoms with Gasteiger partial charge in [-0.1, -0.05) is 30.1 Å². The molecule has 2 aliphatic heterocycles. The van der Waals surface area contributed by atoms with Gasteiger partial charge in [0, 0.05) is 31.2 Å². The predicted molar refractivity (Wildman–Crippen MR) is 111 cm³/mol. The number of rotatable bonds is 3. The summed E-state index contributed by atoms with van der Waals surface area (Å²) >= 11 is 12.0. The number of nitrogens with one attached hydrogen (secondary N) is 2. The Labute approximate surface area is 176 Å². The second-order valence-electron chi connectivity index (χ2n) is 7.30. The van der Waals surface area contributed by atoms with Crippen LogP contribution in [-0.2, 0) is 4.79 Å². The van der Waals surface area contributed by atoms with E-state index in [1.165, 1.54) is 0 Å². The number of nitrogens with zero attached hydrogens (tertiary/aromatic N) is 1. The number of carbonyl (C=O) groups is 2. The lowest BCUT2D eigenvalue weighted by Crippen LogP contribution is -2.53. The van der Waals surface area contributed by atoms with Crippen molar-refractivity contribution < 1.29 is 9.59 Å². The predicted octanol–water partition coefficient (Wildman–Crippen LogP) is 3.38. The van der Waals surface area contributed by atoms with Gasteiger partial charge in [-0.15, -0.1) is 12.4 Å². The van der Waals surface area contributed by atoms with Crippen LogP contribution >= 0.6 is 35.6 Å². The van der Waals surface area contributed by atoms with Gasteiger partial charge in [-0.3, -0.25) is 9.59 Å². The third-order valence-corrected chi connectivity index (χ3v) is 6.14. The van der Waals surface area contributed by atoms with E-state index in [0.29, 0.717) is 34.6 Å². The molecule has 150 valence electrons. The molecular weight excluding hydrogens is 409 g/mol. The minimum absolute atomic E-state index is 0. The van der Waals surface area contributed by atoms with Crippen LogP contribution in [0.3, 0.4) is 0 Å². The molecule has 5 nitrogen and oxygen atoms in total. The average Bonchev–Trinajstić information content (AvgIpc) is 2.65. The van der Waals surface area contributed by atoms with Crippen LogP contribution < -0.4 is 10.6 Å². The normalized spacial score (nSPS) is 25.4. The summed E-state index contributed by atoms with van der Waals surface area (Å²) in [5, 5.41) is 7.29. The fourth-order valence-corrected chi connectivity index (χ4v) is 3.97. The van der Waals surface area contributed by atoms with Crippen molar-refractivity contribution in [2.45, 2.75) is 32.2 Å². The Hall–Kier alpha value is -1.01. The molecule has 1 aromatic rings.